The third-order valence-electron chi connectivity index (χ3n) is 7.70. The summed E-state index contributed by atoms with van der Waals surface area (Å²) in [6.45, 7) is 12.2. The van der Waals surface area contributed by atoms with Crippen molar-refractivity contribution in [1.82, 2.24) is 24.6 Å². The van der Waals surface area contributed by atoms with Crippen LogP contribution in [0.2, 0.25) is 10.0 Å². The van der Waals surface area contributed by atoms with Crippen molar-refractivity contribution in [2.24, 2.45) is 0 Å². The third-order valence-corrected chi connectivity index (χ3v) is 10.1. The second-order valence-electron chi connectivity index (χ2n) is 12.9. The maximum Gasteiger partial charge on any atom is 0.355 e. The van der Waals surface area contributed by atoms with Crippen LogP contribution in [0.3, 0.4) is 0 Å². The molecule has 2 aromatic carbocycles. The molecule has 1 atom stereocenters. The summed E-state index contributed by atoms with van der Waals surface area (Å²) >= 11 is 28.4. The summed E-state index contributed by atoms with van der Waals surface area (Å²) < 4.78 is 66.5. The monoisotopic (exact) mass is 1050 g/mol. The van der Waals surface area contributed by atoms with Crippen molar-refractivity contribution in [2.75, 3.05) is 61.4 Å². The number of nitrogens with one attached hydrogen (secondary N) is 2. The second kappa shape index (κ2) is 29.1. The van der Waals surface area contributed by atoms with Gasteiger partial charge in [-0.1, -0.05) is 83.7 Å². The molecule has 1 unspecified atom stereocenters. The predicted octanol–water partition coefficient (Wildman–Crippen LogP) is 6.37. The molecule has 0 aliphatic carbocycles. The van der Waals surface area contributed by atoms with E-state index in [2.05, 4.69) is 41.3 Å². The van der Waals surface area contributed by atoms with E-state index < -0.39 is 53.5 Å². The van der Waals surface area contributed by atoms with Gasteiger partial charge in [-0.05, 0) is 50.5 Å². The number of rotatable bonds is 19. The molecule has 0 saturated heterocycles. The van der Waals surface area contributed by atoms with Gasteiger partial charge in [0.1, 0.15) is 11.7 Å². The summed E-state index contributed by atoms with van der Waals surface area (Å²) in [7, 11) is -6.11. The first kappa shape index (κ1) is 60.4. The maximum absolute atomic E-state index is 12.8. The van der Waals surface area contributed by atoms with Gasteiger partial charge in [0, 0.05) is 20.2 Å². The van der Waals surface area contributed by atoms with E-state index in [-0.39, 0.29) is 55.5 Å². The van der Waals surface area contributed by atoms with E-state index in [1.54, 1.807) is 24.2 Å². The topological polar surface area (TPSA) is 243 Å². The lowest BCUT2D eigenvalue weighted by atomic mass is 10.0. The molecule has 0 saturated carbocycles. The van der Waals surface area contributed by atoms with Crippen LogP contribution < -0.4 is 20.6 Å². The van der Waals surface area contributed by atoms with E-state index in [0.717, 1.165) is 35.6 Å². The number of aromatic nitrogens is 3. The standard InChI is InChI=1S/C15H22ClNO2.C11H10Cl2F2N4O3S.C8H11Cl2NO.C3H8NO5P/c1-5-13-8-6-7-11(2)15(13)17(14(18)9-16)12(3)10-19-4;1-5-16-19(11(20)18(5)10(14)15)9-4-8(17-23(2,21)22)6(12)3-7(9)13;1-3-5-11(6-4-2)8(12)7(9)10;5-3(6)1-4-2-10(7,8)9/h6-8,12H,5,9-10H2,1-4H3;3-4,10,17H,1-2H3;3-4,7H,1-2,5-6H2;4H,1-2H2,(H,5,6)(H2,7,8,9). The van der Waals surface area contributed by atoms with E-state index in [4.69, 9.17) is 77.6 Å². The number of carboxylic acids is 1. The summed E-state index contributed by atoms with van der Waals surface area (Å²) in [6, 6.07) is 8.36. The van der Waals surface area contributed by atoms with Crippen molar-refractivity contribution in [1.29, 1.82) is 0 Å². The van der Waals surface area contributed by atoms with Gasteiger partial charge in [0.15, 0.2) is 4.84 Å². The summed E-state index contributed by atoms with van der Waals surface area (Å²) in [6.07, 6.45) is 4.40. The average molecular weight is 1050 g/mol. The van der Waals surface area contributed by atoms with Crippen LogP contribution >= 0.6 is 65.6 Å². The fourth-order valence-electron chi connectivity index (χ4n) is 5.17. The summed E-state index contributed by atoms with van der Waals surface area (Å²) in [5.74, 6) is -1.80. The van der Waals surface area contributed by atoms with E-state index in [1.165, 1.54) is 17.9 Å². The van der Waals surface area contributed by atoms with Gasteiger partial charge in [0.25, 0.3) is 5.91 Å². The number of carbonyl (C=O) groups is 3. The molecular weight excluding hydrogens is 997 g/mol. The number of anilines is 2. The number of para-hydroxylation sites is 1. The third kappa shape index (κ3) is 21.1. The Kier molecular flexibility index (Phi) is 27.5. The van der Waals surface area contributed by atoms with E-state index in [1.807, 2.05) is 26.0 Å². The van der Waals surface area contributed by atoms with Crippen LogP contribution in [0.5, 0.6) is 0 Å². The van der Waals surface area contributed by atoms with Crippen LogP contribution in [0.1, 0.15) is 37.3 Å². The molecule has 1 aromatic heterocycles. The number of nitrogens with zero attached hydrogens (tertiary/aromatic N) is 5. The Morgan fingerprint density at radius 2 is 1.66 bits per heavy atom. The highest BCUT2D eigenvalue weighted by molar-refractivity contribution is 7.92. The minimum Gasteiger partial charge on any atom is -0.480 e. The molecular formula is C37H51Cl5F2N7O11PS. The number of carboxylic acid groups (broad SMARTS) is 1. The number of carbonyl (C=O) groups excluding carboxylic acids is 2. The van der Waals surface area contributed by atoms with Crippen molar-refractivity contribution in [2.45, 2.75) is 51.5 Å². The quantitative estimate of drug-likeness (QED) is 0.0499. The summed E-state index contributed by atoms with van der Waals surface area (Å²) in [5, 5.41) is 13.7. The van der Waals surface area contributed by atoms with Crippen molar-refractivity contribution in [3.05, 3.63) is 93.1 Å². The number of hydrogen-bond acceptors (Lipinski definition) is 10. The normalized spacial score (nSPS) is 11.5. The molecule has 360 valence electrons. The zero-order chi connectivity index (χ0) is 49.7. The van der Waals surface area contributed by atoms with Crippen LogP contribution in [-0.4, -0.2) is 123 Å². The first-order valence-electron chi connectivity index (χ1n) is 18.3. The first-order valence-corrected chi connectivity index (χ1v) is 24.1. The van der Waals surface area contributed by atoms with Crippen molar-refractivity contribution >= 4 is 105 Å². The van der Waals surface area contributed by atoms with Gasteiger partial charge >= 0.3 is 25.8 Å². The second-order valence-corrected chi connectivity index (χ2v) is 18.5. The number of benzene rings is 2. The molecule has 3 rings (SSSR count). The van der Waals surface area contributed by atoms with Crippen molar-refractivity contribution in [3.8, 4) is 5.69 Å². The lowest BCUT2D eigenvalue weighted by molar-refractivity contribution is -0.136. The fourth-order valence-corrected chi connectivity index (χ4v) is 7.11. The van der Waals surface area contributed by atoms with E-state index >= 15 is 0 Å². The zero-order valence-corrected chi connectivity index (χ0v) is 41.0. The predicted molar refractivity (Wildman–Crippen MR) is 247 cm³/mol. The van der Waals surface area contributed by atoms with Gasteiger partial charge in [-0.25, -0.2) is 17.8 Å². The highest BCUT2D eigenvalue weighted by Crippen LogP contribution is 2.33. The lowest BCUT2D eigenvalue weighted by Gasteiger charge is -2.31. The molecule has 0 fully saturated rings. The molecule has 0 aliphatic rings. The Labute approximate surface area is 394 Å². The SMILES string of the molecule is C=CCN(CC=C)C(=O)C(Cl)Cl.CCc1cccc(C)c1N(C(=O)CCl)C(C)COC.Cc1nn(-c2cc(NS(C)(=O)=O)c(Cl)cc2Cl)c(=O)n1C(F)F.O=C(O)CNCP(=O)(O)O. The Balaban J connectivity index is 0.000000873. The van der Waals surface area contributed by atoms with Gasteiger partial charge in [-0.2, -0.15) is 13.5 Å². The summed E-state index contributed by atoms with van der Waals surface area (Å²) in [5.41, 5.74) is 1.94. The number of amides is 2. The van der Waals surface area contributed by atoms with Crippen LogP contribution in [0, 0.1) is 13.8 Å². The molecule has 0 aliphatic heterocycles. The molecule has 0 spiro atoms. The van der Waals surface area contributed by atoms with Crippen LogP contribution in [0.4, 0.5) is 20.2 Å². The number of methoxy groups -OCH3 is 1. The largest absolute Gasteiger partial charge is 0.480 e. The van der Waals surface area contributed by atoms with E-state index in [0.29, 0.717) is 24.4 Å². The molecule has 2 amide bonds. The molecule has 27 heteroatoms. The molecule has 64 heavy (non-hydrogen) atoms. The lowest BCUT2D eigenvalue weighted by Crippen LogP contribution is -2.43. The van der Waals surface area contributed by atoms with Crippen molar-refractivity contribution in [3.63, 3.8) is 0 Å². The molecule has 0 radical (unpaired) electrons. The number of alkyl halides is 5. The smallest absolute Gasteiger partial charge is 0.355 e. The van der Waals surface area contributed by atoms with Gasteiger partial charge in [0.2, 0.25) is 15.9 Å². The number of sulfonamides is 1. The zero-order valence-electron chi connectivity index (χ0n) is 35.5. The maximum atomic E-state index is 12.8. The molecule has 3 aromatic rings. The molecule has 1 heterocycles. The number of aliphatic carboxylic acids is 1. The molecule has 0 bridgehead atoms. The number of halogens is 7. The number of ether oxygens (including phenoxy) is 1. The van der Waals surface area contributed by atoms with Crippen LogP contribution in [0.25, 0.3) is 5.69 Å². The number of hydrogen-bond donors (Lipinski definition) is 5. The molecule has 5 N–H and O–H groups in total. The van der Waals surface area contributed by atoms with Gasteiger partial charge in [-0.15, -0.1) is 29.9 Å². The van der Waals surface area contributed by atoms with Gasteiger partial charge < -0.3 is 29.4 Å². The Morgan fingerprint density at radius 3 is 2.08 bits per heavy atom. The average Bonchev–Trinajstić information content (AvgIpc) is 3.48. The minimum absolute atomic E-state index is 0.0223. The Bertz CT molecular complexity index is 2260. The number of aryl methyl sites for hydroxylation is 3. The fraction of sp³-hybridized carbons (Fsp3) is 0.432. The Hall–Kier alpha value is -3.60. The Morgan fingerprint density at radius 1 is 1.08 bits per heavy atom. The first-order chi connectivity index (χ1) is 29.6. The molecule has 18 nitrogen and oxygen atoms in total. The van der Waals surface area contributed by atoms with Gasteiger partial charge in [-0.3, -0.25) is 29.0 Å². The highest BCUT2D eigenvalue weighted by Gasteiger charge is 2.25. The summed E-state index contributed by atoms with van der Waals surface area (Å²) in [4.78, 5) is 63.8. The van der Waals surface area contributed by atoms with Gasteiger partial charge in [0.05, 0.1) is 58.8 Å². The van der Waals surface area contributed by atoms with Crippen LogP contribution in [0.15, 0.2) is 60.4 Å². The highest BCUT2D eigenvalue weighted by atomic mass is 35.5. The van der Waals surface area contributed by atoms with Crippen LogP contribution in [-0.2, 0) is 40.1 Å². The minimum atomic E-state index is -4.10. The van der Waals surface area contributed by atoms with E-state index in [9.17, 15) is 40.9 Å². The van der Waals surface area contributed by atoms with Crippen molar-refractivity contribution < 1.29 is 55.8 Å².